The summed E-state index contributed by atoms with van der Waals surface area (Å²) < 4.78 is 0. The van der Waals surface area contributed by atoms with Gasteiger partial charge in [0.15, 0.2) is 0 Å². The smallest absolute Gasteiger partial charge is 0.269 e. The summed E-state index contributed by atoms with van der Waals surface area (Å²) in [6, 6.07) is 7.05. The van der Waals surface area contributed by atoms with Crippen LogP contribution in [0.25, 0.3) is 0 Å². The normalized spacial score (nSPS) is 17.1. The minimum atomic E-state index is -0.381. The van der Waals surface area contributed by atoms with Crippen LogP contribution in [0.2, 0.25) is 0 Å². The van der Waals surface area contributed by atoms with Crippen LogP contribution in [0.4, 0.5) is 11.4 Å². The minimum absolute atomic E-state index is 0.139. The van der Waals surface area contributed by atoms with Crippen molar-refractivity contribution in [3.05, 3.63) is 34.4 Å². The highest BCUT2D eigenvalue weighted by atomic mass is 16.6. The van der Waals surface area contributed by atoms with E-state index in [0.29, 0.717) is 6.04 Å². The van der Waals surface area contributed by atoms with Crippen molar-refractivity contribution >= 4 is 11.4 Å². The van der Waals surface area contributed by atoms with Gasteiger partial charge in [-0.15, -0.1) is 0 Å². The summed E-state index contributed by atoms with van der Waals surface area (Å²) in [5.74, 6) is 0.778. The minimum Gasteiger partial charge on any atom is -0.382 e. The van der Waals surface area contributed by atoms with E-state index in [1.807, 2.05) is 0 Å². The molecule has 4 nitrogen and oxygen atoms in total. The lowest BCUT2D eigenvalue weighted by Crippen LogP contribution is -2.16. The lowest BCUT2D eigenvalue weighted by atomic mass is 10.2. The Morgan fingerprint density at radius 3 is 2.47 bits per heavy atom. The number of anilines is 1. The SMILES string of the molecule is CC(Nc1ccc([N+](=O)[O-])cc1)C1CC1. The molecule has 0 aliphatic heterocycles. The van der Waals surface area contributed by atoms with Crippen LogP contribution >= 0.6 is 0 Å². The van der Waals surface area contributed by atoms with Crippen molar-refractivity contribution in [2.45, 2.75) is 25.8 Å². The molecular weight excluding hydrogens is 192 g/mol. The third-order valence-electron chi connectivity index (χ3n) is 2.80. The summed E-state index contributed by atoms with van der Waals surface area (Å²) in [7, 11) is 0. The van der Waals surface area contributed by atoms with Crippen LogP contribution in [-0.4, -0.2) is 11.0 Å². The van der Waals surface area contributed by atoms with E-state index in [1.165, 1.54) is 25.0 Å². The summed E-state index contributed by atoms with van der Waals surface area (Å²) in [6.07, 6.45) is 2.59. The molecule has 1 aromatic carbocycles. The summed E-state index contributed by atoms with van der Waals surface area (Å²) in [5, 5.41) is 13.8. The molecule has 0 bridgehead atoms. The zero-order chi connectivity index (χ0) is 10.8. The summed E-state index contributed by atoms with van der Waals surface area (Å²) in [5.41, 5.74) is 1.10. The van der Waals surface area contributed by atoms with Crippen LogP contribution in [0.15, 0.2) is 24.3 Å². The van der Waals surface area contributed by atoms with E-state index in [9.17, 15) is 10.1 Å². The van der Waals surface area contributed by atoms with Crippen molar-refractivity contribution in [2.75, 3.05) is 5.32 Å². The fourth-order valence-corrected chi connectivity index (χ4v) is 1.66. The molecule has 0 radical (unpaired) electrons. The molecule has 0 heterocycles. The van der Waals surface area contributed by atoms with Crippen LogP contribution in [-0.2, 0) is 0 Å². The van der Waals surface area contributed by atoms with E-state index < -0.39 is 0 Å². The quantitative estimate of drug-likeness (QED) is 0.608. The highest BCUT2D eigenvalue weighted by Crippen LogP contribution is 2.34. The molecule has 4 heteroatoms. The van der Waals surface area contributed by atoms with Crippen LogP contribution in [0, 0.1) is 16.0 Å². The number of nitrogens with zero attached hydrogens (tertiary/aromatic N) is 1. The Labute approximate surface area is 88.5 Å². The van der Waals surface area contributed by atoms with E-state index in [4.69, 9.17) is 0 Å². The largest absolute Gasteiger partial charge is 0.382 e. The Morgan fingerprint density at radius 2 is 2.00 bits per heavy atom. The highest BCUT2D eigenvalue weighted by molar-refractivity contribution is 5.49. The van der Waals surface area contributed by atoms with Gasteiger partial charge in [0.2, 0.25) is 0 Å². The molecule has 0 aromatic heterocycles. The molecule has 1 N–H and O–H groups in total. The van der Waals surface area contributed by atoms with Gasteiger partial charge in [-0.25, -0.2) is 0 Å². The van der Waals surface area contributed by atoms with Gasteiger partial charge in [0, 0.05) is 23.9 Å². The second-order valence-electron chi connectivity index (χ2n) is 4.07. The predicted molar refractivity (Wildman–Crippen MR) is 58.9 cm³/mol. The average Bonchev–Trinajstić information content (AvgIpc) is 3.01. The van der Waals surface area contributed by atoms with Crippen LogP contribution in [0.1, 0.15) is 19.8 Å². The summed E-state index contributed by atoms with van der Waals surface area (Å²) >= 11 is 0. The predicted octanol–water partition coefficient (Wildman–Crippen LogP) is 2.81. The molecule has 1 aromatic rings. The Balaban J connectivity index is 1.99. The molecule has 1 fully saturated rings. The number of nitrogens with one attached hydrogen (secondary N) is 1. The first kappa shape index (κ1) is 9.96. The maximum atomic E-state index is 10.4. The monoisotopic (exact) mass is 206 g/mol. The average molecular weight is 206 g/mol. The number of nitro benzene ring substituents is 1. The van der Waals surface area contributed by atoms with E-state index in [2.05, 4.69) is 12.2 Å². The van der Waals surface area contributed by atoms with Crippen LogP contribution in [0.5, 0.6) is 0 Å². The number of non-ortho nitro benzene ring substituents is 1. The van der Waals surface area contributed by atoms with E-state index in [1.54, 1.807) is 12.1 Å². The molecule has 0 amide bonds. The maximum absolute atomic E-state index is 10.4. The molecule has 2 rings (SSSR count). The number of nitro groups is 1. The second-order valence-corrected chi connectivity index (χ2v) is 4.07. The van der Waals surface area contributed by atoms with Crippen LogP contribution in [0.3, 0.4) is 0 Å². The topological polar surface area (TPSA) is 55.2 Å². The molecular formula is C11H14N2O2. The molecule has 80 valence electrons. The van der Waals surface area contributed by atoms with Crippen LogP contribution < -0.4 is 5.32 Å². The Kier molecular flexibility index (Phi) is 2.58. The summed E-state index contributed by atoms with van der Waals surface area (Å²) in [4.78, 5) is 10.1. The number of benzene rings is 1. The first-order valence-electron chi connectivity index (χ1n) is 5.18. The Hall–Kier alpha value is -1.58. The number of hydrogen-bond acceptors (Lipinski definition) is 3. The highest BCUT2D eigenvalue weighted by Gasteiger charge is 2.27. The first-order valence-corrected chi connectivity index (χ1v) is 5.18. The molecule has 1 aliphatic rings. The number of rotatable bonds is 4. The Bertz CT molecular complexity index is 357. The van der Waals surface area contributed by atoms with Gasteiger partial charge in [-0.3, -0.25) is 10.1 Å². The second kappa shape index (κ2) is 3.88. The van der Waals surface area contributed by atoms with Crippen molar-refractivity contribution in [3.63, 3.8) is 0 Å². The van der Waals surface area contributed by atoms with E-state index >= 15 is 0 Å². The molecule has 1 unspecified atom stereocenters. The lowest BCUT2D eigenvalue weighted by Gasteiger charge is -2.13. The van der Waals surface area contributed by atoms with E-state index in [-0.39, 0.29) is 10.6 Å². The van der Waals surface area contributed by atoms with Gasteiger partial charge in [-0.1, -0.05) is 0 Å². The molecule has 15 heavy (non-hydrogen) atoms. The van der Waals surface area contributed by atoms with Gasteiger partial charge in [0.05, 0.1) is 4.92 Å². The van der Waals surface area contributed by atoms with Gasteiger partial charge >= 0.3 is 0 Å². The zero-order valence-corrected chi connectivity index (χ0v) is 8.64. The fraction of sp³-hybridized carbons (Fsp3) is 0.455. The van der Waals surface area contributed by atoms with Crippen molar-refractivity contribution in [1.82, 2.24) is 0 Å². The van der Waals surface area contributed by atoms with Crippen molar-refractivity contribution in [1.29, 1.82) is 0 Å². The van der Waals surface area contributed by atoms with Gasteiger partial charge < -0.3 is 5.32 Å². The molecule has 1 atom stereocenters. The maximum Gasteiger partial charge on any atom is 0.269 e. The standard InChI is InChI=1S/C11H14N2O2/c1-8(9-2-3-9)12-10-4-6-11(7-5-10)13(14)15/h4-9,12H,2-3H2,1H3. The molecule has 1 saturated carbocycles. The zero-order valence-electron chi connectivity index (χ0n) is 8.64. The van der Waals surface area contributed by atoms with Gasteiger partial charge in [0.1, 0.15) is 0 Å². The molecule has 0 spiro atoms. The van der Waals surface area contributed by atoms with Gasteiger partial charge in [-0.2, -0.15) is 0 Å². The number of hydrogen-bond donors (Lipinski definition) is 1. The van der Waals surface area contributed by atoms with Crippen molar-refractivity contribution in [3.8, 4) is 0 Å². The van der Waals surface area contributed by atoms with Crippen molar-refractivity contribution in [2.24, 2.45) is 5.92 Å². The first-order chi connectivity index (χ1) is 7.16. The third-order valence-corrected chi connectivity index (χ3v) is 2.80. The van der Waals surface area contributed by atoms with E-state index in [0.717, 1.165) is 11.6 Å². The van der Waals surface area contributed by atoms with Gasteiger partial charge in [0.25, 0.3) is 5.69 Å². The third kappa shape index (κ3) is 2.46. The molecule has 1 aliphatic carbocycles. The Morgan fingerprint density at radius 1 is 1.40 bits per heavy atom. The van der Waals surface area contributed by atoms with Crippen molar-refractivity contribution < 1.29 is 4.92 Å². The van der Waals surface area contributed by atoms with Gasteiger partial charge in [-0.05, 0) is 37.8 Å². The summed E-state index contributed by atoms with van der Waals surface area (Å²) in [6.45, 7) is 2.15. The fourth-order valence-electron chi connectivity index (χ4n) is 1.66. The lowest BCUT2D eigenvalue weighted by molar-refractivity contribution is -0.384. The molecule has 0 saturated heterocycles.